The quantitative estimate of drug-likeness (QED) is 0.336. The smallest absolute Gasteiger partial charge is 0.347 e. The van der Waals surface area contributed by atoms with E-state index in [2.05, 4.69) is 10.3 Å². The summed E-state index contributed by atoms with van der Waals surface area (Å²) in [5, 5.41) is 4.85. The summed E-state index contributed by atoms with van der Waals surface area (Å²) in [4.78, 5) is 28.1. The van der Waals surface area contributed by atoms with E-state index < -0.39 is 24.0 Å². The molecule has 0 aromatic carbocycles. The number of carbonyl (C=O) groups excluding carboxylic acids is 1. The van der Waals surface area contributed by atoms with Gasteiger partial charge in [-0.15, -0.1) is 4.91 Å². The van der Waals surface area contributed by atoms with Gasteiger partial charge in [0.25, 0.3) is 0 Å². The Labute approximate surface area is 151 Å². The van der Waals surface area contributed by atoms with Crippen molar-refractivity contribution in [2.45, 2.75) is 19.0 Å². The second-order valence-electron chi connectivity index (χ2n) is 6.23. The van der Waals surface area contributed by atoms with E-state index in [1.54, 1.807) is 0 Å². The largest absolute Gasteiger partial charge is 0.415 e. The van der Waals surface area contributed by atoms with E-state index in [9.17, 15) is 27.3 Å². The van der Waals surface area contributed by atoms with Gasteiger partial charge in [0.15, 0.2) is 5.82 Å². The molecule has 0 fully saturated rings. The standard InChI is InChI=1S/C16H15F4N5O2/c1-23(2)13(26)8-24(22-27)25-12-6-9(7-21-15(12)25)10-4-3-5-11(14(10)17)16(18,19)20/h4,6-7H,3,5,8H2,1-2H3. The van der Waals surface area contributed by atoms with Crippen molar-refractivity contribution in [2.75, 3.05) is 25.6 Å². The zero-order chi connectivity index (χ0) is 19.9. The van der Waals surface area contributed by atoms with Crippen molar-refractivity contribution in [1.29, 1.82) is 0 Å². The molecule has 0 atom stereocenters. The van der Waals surface area contributed by atoms with Crippen LogP contribution in [0.1, 0.15) is 18.4 Å². The molecule has 7 nitrogen and oxygen atoms in total. The molecule has 1 aliphatic carbocycles. The second-order valence-corrected chi connectivity index (χ2v) is 6.23. The highest BCUT2D eigenvalue weighted by molar-refractivity contribution is 5.92. The highest BCUT2D eigenvalue weighted by Gasteiger charge is 2.41. The summed E-state index contributed by atoms with van der Waals surface area (Å²) in [5.74, 6) is -1.39. The number of nitroso groups, excluding NO2 is 1. The molecule has 11 heteroatoms. The normalized spacial score (nSPS) is 15.9. The Balaban J connectivity index is 1.84. The average Bonchev–Trinajstić information content (AvgIpc) is 3.31. The minimum Gasteiger partial charge on any atom is -0.347 e. The Bertz CT molecular complexity index is 863. The number of halogens is 4. The molecule has 0 N–H and O–H groups in total. The van der Waals surface area contributed by atoms with Gasteiger partial charge < -0.3 is 4.90 Å². The topological polar surface area (TPSA) is 68.9 Å². The SMILES string of the molecule is CN(C)C(=O)CN(N=O)N1c2cc(C3=CCCC(C(F)(F)F)=C3F)cnc21. The van der Waals surface area contributed by atoms with Crippen LogP contribution in [0.4, 0.5) is 29.1 Å². The minimum absolute atomic E-state index is 0.0533. The molecule has 27 heavy (non-hydrogen) atoms. The molecule has 1 aromatic rings. The van der Waals surface area contributed by atoms with Gasteiger partial charge in [0.05, 0.1) is 10.9 Å². The van der Waals surface area contributed by atoms with Gasteiger partial charge >= 0.3 is 6.18 Å². The van der Waals surface area contributed by atoms with Gasteiger partial charge in [0, 0.05) is 31.4 Å². The number of nitrogens with zero attached hydrogens (tertiary/aromatic N) is 5. The fourth-order valence-corrected chi connectivity index (χ4v) is 2.73. The van der Waals surface area contributed by atoms with E-state index in [0.29, 0.717) is 11.5 Å². The molecular formula is C16H15F4N5O2. The molecule has 0 bridgehead atoms. The molecule has 2 aliphatic rings. The molecule has 0 radical (unpaired) electrons. The van der Waals surface area contributed by atoms with Crippen LogP contribution in [0.25, 0.3) is 5.57 Å². The molecule has 0 unspecified atom stereocenters. The van der Waals surface area contributed by atoms with E-state index in [1.165, 1.54) is 42.3 Å². The van der Waals surface area contributed by atoms with E-state index in [0.717, 1.165) is 5.12 Å². The number of hydrogen-bond acceptors (Lipinski definition) is 5. The second kappa shape index (κ2) is 6.63. The summed E-state index contributed by atoms with van der Waals surface area (Å²) in [6, 6.07) is 1.41. The van der Waals surface area contributed by atoms with Crippen LogP contribution in [-0.4, -0.2) is 47.7 Å². The summed E-state index contributed by atoms with van der Waals surface area (Å²) in [5.41, 5.74) is -0.869. The number of carbonyl (C=O) groups is 1. The maximum atomic E-state index is 14.3. The Morgan fingerprint density at radius 3 is 2.67 bits per heavy atom. The van der Waals surface area contributed by atoms with Crippen LogP contribution >= 0.6 is 0 Å². The van der Waals surface area contributed by atoms with Crippen molar-refractivity contribution < 1.29 is 22.4 Å². The molecule has 144 valence electrons. The lowest BCUT2D eigenvalue weighted by molar-refractivity contribution is -0.129. The molecule has 1 aliphatic heterocycles. The van der Waals surface area contributed by atoms with Crippen molar-refractivity contribution in [3.8, 4) is 0 Å². The fourth-order valence-electron chi connectivity index (χ4n) is 2.73. The third kappa shape index (κ3) is 3.49. The number of hydrogen-bond donors (Lipinski definition) is 0. The van der Waals surface area contributed by atoms with Crippen LogP contribution in [0.3, 0.4) is 0 Å². The first-order valence-electron chi connectivity index (χ1n) is 7.93. The van der Waals surface area contributed by atoms with Gasteiger partial charge in [0.2, 0.25) is 5.91 Å². The van der Waals surface area contributed by atoms with E-state index >= 15 is 0 Å². The molecule has 0 saturated heterocycles. The Morgan fingerprint density at radius 1 is 1.37 bits per heavy atom. The molecule has 3 rings (SSSR count). The van der Waals surface area contributed by atoms with Gasteiger partial charge in [-0.1, -0.05) is 6.08 Å². The van der Waals surface area contributed by atoms with Gasteiger partial charge in [-0.05, 0) is 18.9 Å². The van der Waals surface area contributed by atoms with Gasteiger partial charge in [0.1, 0.15) is 18.1 Å². The molecule has 0 saturated carbocycles. The number of hydrazine groups is 1. The Hall–Kier alpha value is -2.98. The van der Waals surface area contributed by atoms with Gasteiger partial charge in [-0.2, -0.15) is 18.3 Å². The highest BCUT2D eigenvalue weighted by Crippen LogP contribution is 2.49. The number of allylic oxidation sites excluding steroid dienone is 4. The van der Waals surface area contributed by atoms with Crippen LogP contribution in [0.15, 0.2) is 35.0 Å². The van der Waals surface area contributed by atoms with E-state index in [1.807, 2.05) is 0 Å². The average molecular weight is 385 g/mol. The zero-order valence-corrected chi connectivity index (χ0v) is 14.4. The van der Waals surface area contributed by atoms with Crippen LogP contribution in [-0.2, 0) is 4.79 Å². The monoisotopic (exact) mass is 385 g/mol. The number of pyridine rings is 1. The first-order chi connectivity index (χ1) is 12.6. The lowest BCUT2D eigenvalue weighted by Gasteiger charge is -2.18. The zero-order valence-electron chi connectivity index (χ0n) is 14.4. The van der Waals surface area contributed by atoms with E-state index in [-0.39, 0.29) is 30.0 Å². The first kappa shape index (κ1) is 18.8. The maximum absolute atomic E-state index is 14.3. The number of fused-ring (bicyclic) bond motifs is 1. The summed E-state index contributed by atoms with van der Waals surface area (Å²) in [7, 11) is 3.03. The van der Waals surface area contributed by atoms with Crippen molar-refractivity contribution in [2.24, 2.45) is 5.29 Å². The predicted octanol–water partition coefficient (Wildman–Crippen LogP) is 3.48. The number of alkyl halides is 3. The van der Waals surface area contributed by atoms with Crippen molar-refractivity contribution in [1.82, 2.24) is 15.0 Å². The summed E-state index contributed by atoms with van der Waals surface area (Å²) in [6.07, 6.45) is -2.50. The van der Waals surface area contributed by atoms with Gasteiger partial charge in [-0.3, -0.25) is 4.79 Å². The number of aromatic nitrogens is 1. The number of anilines is 2. The minimum atomic E-state index is -4.74. The van der Waals surface area contributed by atoms with Crippen molar-refractivity contribution in [3.63, 3.8) is 0 Å². The van der Waals surface area contributed by atoms with Crippen LogP contribution in [0.2, 0.25) is 0 Å². The molecular weight excluding hydrogens is 370 g/mol. The van der Waals surface area contributed by atoms with E-state index in [4.69, 9.17) is 0 Å². The Morgan fingerprint density at radius 2 is 2.07 bits per heavy atom. The molecule has 1 amide bonds. The number of rotatable bonds is 5. The third-order valence-electron chi connectivity index (χ3n) is 4.22. The lowest BCUT2D eigenvalue weighted by atomic mass is 9.94. The summed E-state index contributed by atoms with van der Waals surface area (Å²) >= 11 is 0. The first-order valence-corrected chi connectivity index (χ1v) is 7.93. The molecule has 2 heterocycles. The lowest BCUT2D eigenvalue weighted by Crippen LogP contribution is -2.37. The third-order valence-corrected chi connectivity index (χ3v) is 4.22. The van der Waals surface area contributed by atoms with Crippen LogP contribution in [0.5, 0.6) is 0 Å². The van der Waals surface area contributed by atoms with Crippen molar-refractivity contribution in [3.05, 3.63) is 40.2 Å². The molecule has 0 spiro atoms. The number of amides is 1. The van der Waals surface area contributed by atoms with Crippen LogP contribution in [0, 0.1) is 4.91 Å². The number of likely N-dealkylation sites (N-methyl/N-ethyl adjacent to an activating group) is 1. The fraction of sp³-hybridized carbons (Fsp3) is 0.375. The molecule has 1 aromatic heterocycles. The van der Waals surface area contributed by atoms with Gasteiger partial charge in [-0.25, -0.2) is 14.4 Å². The summed E-state index contributed by atoms with van der Waals surface area (Å²) in [6.45, 7) is -0.336. The maximum Gasteiger partial charge on any atom is 0.415 e. The summed E-state index contributed by atoms with van der Waals surface area (Å²) < 4.78 is 53.1. The van der Waals surface area contributed by atoms with Crippen LogP contribution < -0.4 is 5.01 Å². The highest BCUT2D eigenvalue weighted by atomic mass is 19.4. The predicted molar refractivity (Wildman–Crippen MR) is 89.0 cm³/mol. The Kier molecular flexibility index (Phi) is 4.62. The van der Waals surface area contributed by atoms with Crippen molar-refractivity contribution >= 4 is 23.0 Å².